The Morgan fingerprint density at radius 2 is 2.03 bits per heavy atom. The first kappa shape index (κ1) is 19.6. The topological polar surface area (TPSA) is 68.3 Å². The van der Waals surface area contributed by atoms with Crippen LogP contribution in [0, 0.1) is 5.92 Å². The van der Waals surface area contributed by atoms with E-state index in [0.717, 1.165) is 17.3 Å². The quantitative estimate of drug-likeness (QED) is 0.501. The second-order valence-corrected chi connectivity index (χ2v) is 8.15. The van der Waals surface area contributed by atoms with Crippen LogP contribution in [0.25, 0.3) is 16.7 Å². The molecule has 0 radical (unpaired) electrons. The van der Waals surface area contributed by atoms with E-state index in [-0.39, 0.29) is 29.2 Å². The van der Waals surface area contributed by atoms with Crippen LogP contribution in [0.2, 0.25) is 0 Å². The molecule has 0 bridgehead atoms. The summed E-state index contributed by atoms with van der Waals surface area (Å²) in [6.45, 7) is 3.11. The molecule has 2 atom stereocenters. The van der Waals surface area contributed by atoms with Crippen LogP contribution in [-0.2, 0) is 7.05 Å². The third-order valence-electron chi connectivity index (χ3n) is 6.32. The van der Waals surface area contributed by atoms with E-state index < -0.39 is 6.43 Å². The Morgan fingerprint density at radius 3 is 2.81 bits per heavy atom. The smallest absolute Gasteiger partial charge is 0.280 e. The van der Waals surface area contributed by atoms with Gasteiger partial charge in [0.1, 0.15) is 17.7 Å². The number of carbonyl (C=O) groups excluding carboxylic acids is 1. The summed E-state index contributed by atoms with van der Waals surface area (Å²) >= 11 is 0. The molecule has 4 aromatic rings. The molecule has 0 aliphatic carbocycles. The lowest BCUT2D eigenvalue weighted by Gasteiger charge is -2.37. The Balaban J connectivity index is 1.51. The van der Waals surface area contributed by atoms with Crippen LogP contribution in [0.3, 0.4) is 0 Å². The van der Waals surface area contributed by atoms with Gasteiger partial charge < -0.3 is 9.47 Å². The van der Waals surface area contributed by atoms with Gasteiger partial charge in [0.25, 0.3) is 18.1 Å². The molecule has 9 heteroatoms. The van der Waals surface area contributed by atoms with Gasteiger partial charge in [0, 0.05) is 37.0 Å². The van der Waals surface area contributed by atoms with Gasteiger partial charge in [-0.2, -0.15) is 10.1 Å². The SMILES string of the molecule is CC1CCN(C(=O)c2cc3ccccc3n2C)C[C@H]1c1cc(C(F)F)nc2ncnn12. The number of likely N-dealkylation sites (tertiary alicyclic amines) is 1. The molecule has 1 amide bonds. The lowest BCUT2D eigenvalue weighted by atomic mass is 9.84. The number of nitrogens with zero attached hydrogens (tertiary/aromatic N) is 6. The van der Waals surface area contributed by atoms with Gasteiger partial charge in [-0.1, -0.05) is 25.1 Å². The molecule has 4 heterocycles. The number of amides is 1. The fourth-order valence-corrected chi connectivity index (χ4v) is 4.53. The highest BCUT2D eigenvalue weighted by molar-refractivity contribution is 5.98. The van der Waals surface area contributed by atoms with Crippen LogP contribution in [-0.4, -0.2) is 48.0 Å². The molecule has 0 spiro atoms. The highest BCUT2D eigenvalue weighted by Gasteiger charge is 2.34. The Hall–Kier alpha value is -3.36. The van der Waals surface area contributed by atoms with Crippen molar-refractivity contribution in [2.24, 2.45) is 13.0 Å². The van der Waals surface area contributed by atoms with Crippen molar-refractivity contribution in [2.45, 2.75) is 25.7 Å². The standard InChI is InChI=1S/C22H22F2N6O/c1-13-7-8-29(21(31)19-9-14-5-3-4-6-17(14)28(19)2)11-15(13)18-10-16(20(23)24)27-22-25-12-26-30(18)22/h3-6,9-10,12-13,15,20H,7-8,11H2,1-2H3/t13?,15-/m1/s1. The van der Waals surface area contributed by atoms with Gasteiger partial charge in [0.05, 0.1) is 5.69 Å². The number of aryl methyl sites for hydroxylation is 1. The number of carbonyl (C=O) groups is 1. The first-order valence-electron chi connectivity index (χ1n) is 10.3. The summed E-state index contributed by atoms with van der Waals surface area (Å²) < 4.78 is 30.3. The number of benzene rings is 1. The Morgan fingerprint density at radius 1 is 1.23 bits per heavy atom. The molecule has 1 unspecified atom stereocenters. The summed E-state index contributed by atoms with van der Waals surface area (Å²) in [7, 11) is 1.89. The second-order valence-electron chi connectivity index (χ2n) is 8.15. The molecule has 1 aromatic carbocycles. The van der Waals surface area contributed by atoms with Gasteiger partial charge in [-0.3, -0.25) is 4.79 Å². The van der Waals surface area contributed by atoms with E-state index in [1.54, 1.807) is 0 Å². The van der Waals surface area contributed by atoms with Gasteiger partial charge >= 0.3 is 0 Å². The van der Waals surface area contributed by atoms with Gasteiger partial charge in [-0.15, -0.1) is 0 Å². The van der Waals surface area contributed by atoms with Crippen LogP contribution in [0.5, 0.6) is 0 Å². The summed E-state index contributed by atoms with van der Waals surface area (Å²) in [5.41, 5.74) is 1.90. The van der Waals surface area contributed by atoms with Crippen LogP contribution >= 0.6 is 0 Å². The van der Waals surface area contributed by atoms with Crippen LogP contribution in [0.1, 0.15) is 47.6 Å². The van der Waals surface area contributed by atoms with Crippen molar-refractivity contribution in [3.63, 3.8) is 0 Å². The van der Waals surface area contributed by atoms with E-state index in [9.17, 15) is 13.6 Å². The number of halogens is 2. The number of para-hydroxylation sites is 1. The van der Waals surface area contributed by atoms with Crippen LogP contribution in [0.15, 0.2) is 42.7 Å². The lowest BCUT2D eigenvalue weighted by molar-refractivity contribution is 0.0656. The van der Waals surface area contributed by atoms with E-state index in [0.29, 0.717) is 24.5 Å². The molecule has 5 rings (SSSR count). The van der Waals surface area contributed by atoms with E-state index in [1.807, 2.05) is 46.8 Å². The predicted octanol–water partition coefficient (Wildman–Crippen LogP) is 3.82. The van der Waals surface area contributed by atoms with Crippen molar-refractivity contribution in [3.8, 4) is 0 Å². The highest BCUT2D eigenvalue weighted by Crippen LogP contribution is 2.34. The average Bonchev–Trinajstić information content (AvgIpc) is 3.38. The van der Waals surface area contributed by atoms with E-state index in [1.165, 1.54) is 16.9 Å². The second kappa shape index (κ2) is 7.40. The van der Waals surface area contributed by atoms with Gasteiger partial charge in [0.15, 0.2) is 0 Å². The maximum Gasteiger partial charge on any atom is 0.280 e. The van der Waals surface area contributed by atoms with Crippen LogP contribution in [0.4, 0.5) is 8.78 Å². The molecule has 31 heavy (non-hydrogen) atoms. The monoisotopic (exact) mass is 424 g/mol. The van der Waals surface area contributed by atoms with Gasteiger partial charge in [0.2, 0.25) is 0 Å². The zero-order valence-electron chi connectivity index (χ0n) is 17.2. The molecule has 1 aliphatic heterocycles. The van der Waals surface area contributed by atoms with Crippen LogP contribution < -0.4 is 0 Å². The maximum absolute atomic E-state index is 13.4. The van der Waals surface area contributed by atoms with Crippen molar-refractivity contribution in [1.29, 1.82) is 0 Å². The number of piperidine rings is 1. The first-order valence-corrected chi connectivity index (χ1v) is 10.3. The minimum Gasteiger partial charge on any atom is -0.340 e. The summed E-state index contributed by atoms with van der Waals surface area (Å²) in [5.74, 6) is 0.125. The predicted molar refractivity (Wildman–Crippen MR) is 111 cm³/mol. The molecule has 160 valence electrons. The number of rotatable bonds is 3. The maximum atomic E-state index is 13.4. The Labute approximate surface area is 177 Å². The minimum atomic E-state index is -2.70. The van der Waals surface area contributed by atoms with Crippen molar-refractivity contribution >= 4 is 22.6 Å². The summed E-state index contributed by atoms with van der Waals surface area (Å²) in [5, 5.41) is 5.20. The molecule has 3 aromatic heterocycles. The molecule has 0 saturated carbocycles. The fraction of sp³-hybridized carbons (Fsp3) is 0.364. The third-order valence-corrected chi connectivity index (χ3v) is 6.32. The summed E-state index contributed by atoms with van der Waals surface area (Å²) in [6.07, 6.45) is -0.622. The van der Waals surface area contributed by atoms with E-state index in [4.69, 9.17) is 0 Å². The molecular weight excluding hydrogens is 402 g/mol. The number of fused-ring (bicyclic) bond motifs is 2. The third kappa shape index (κ3) is 3.24. The normalized spacial score (nSPS) is 19.6. The van der Waals surface area contributed by atoms with Crippen molar-refractivity contribution in [2.75, 3.05) is 13.1 Å². The number of aromatic nitrogens is 5. The molecule has 1 fully saturated rings. The lowest BCUT2D eigenvalue weighted by Crippen LogP contribution is -2.43. The average molecular weight is 424 g/mol. The largest absolute Gasteiger partial charge is 0.340 e. The summed E-state index contributed by atoms with van der Waals surface area (Å²) in [4.78, 5) is 23.1. The minimum absolute atomic E-state index is 0.0615. The first-order chi connectivity index (χ1) is 14.9. The summed E-state index contributed by atoms with van der Waals surface area (Å²) in [6, 6.07) is 11.2. The van der Waals surface area contributed by atoms with Gasteiger partial charge in [-0.25, -0.2) is 18.3 Å². The van der Waals surface area contributed by atoms with Crippen molar-refractivity contribution in [3.05, 3.63) is 59.8 Å². The fourth-order valence-electron chi connectivity index (χ4n) is 4.53. The number of hydrogen-bond acceptors (Lipinski definition) is 4. The van der Waals surface area contributed by atoms with Gasteiger partial charge in [-0.05, 0) is 30.5 Å². The Bertz CT molecular complexity index is 1280. The Kier molecular flexibility index (Phi) is 4.68. The van der Waals surface area contributed by atoms with E-state index in [2.05, 4.69) is 22.0 Å². The molecule has 7 nitrogen and oxygen atoms in total. The van der Waals surface area contributed by atoms with E-state index >= 15 is 0 Å². The molecule has 1 aliphatic rings. The number of alkyl halides is 2. The molecule has 1 saturated heterocycles. The van der Waals surface area contributed by atoms with Crippen molar-refractivity contribution < 1.29 is 13.6 Å². The van der Waals surface area contributed by atoms with Crippen molar-refractivity contribution in [1.82, 2.24) is 29.0 Å². The molecule has 0 N–H and O–H groups in total. The zero-order valence-corrected chi connectivity index (χ0v) is 17.2. The number of hydrogen-bond donors (Lipinski definition) is 0. The highest BCUT2D eigenvalue weighted by atomic mass is 19.3. The molecular formula is C22H22F2N6O. The zero-order chi connectivity index (χ0) is 21.7.